The average molecular weight is 389 g/mol. The summed E-state index contributed by atoms with van der Waals surface area (Å²) in [7, 11) is 2.37. The van der Waals surface area contributed by atoms with Crippen molar-refractivity contribution in [1.29, 1.82) is 0 Å². The van der Waals surface area contributed by atoms with Crippen LogP contribution in [0.5, 0.6) is 0 Å². The lowest BCUT2D eigenvalue weighted by Crippen LogP contribution is -2.40. The highest BCUT2D eigenvalue weighted by Gasteiger charge is 2.40. The Hall–Kier alpha value is -1.43. The predicted octanol–water partition coefficient (Wildman–Crippen LogP) is 0.637. The van der Waals surface area contributed by atoms with Crippen LogP contribution in [0, 0.1) is 0 Å². The summed E-state index contributed by atoms with van der Waals surface area (Å²) >= 11 is 0. The fourth-order valence-corrected chi connectivity index (χ4v) is 1.54. The molecule has 0 fully saturated rings. The van der Waals surface area contributed by atoms with E-state index in [0.29, 0.717) is 31.3 Å². The minimum atomic E-state index is -4.87. The van der Waals surface area contributed by atoms with E-state index in [0.717, 1.165) is 7.05 Å². The number of alkyl halides is 3. The van der Waals surface area contributed by atoms with Gasteiger partial charge in [-0.05, 0) is 0 Å². The van der Waals surface area contributed by atoms with Crippen molar-refractivity contribution in [1.82, 2.24) is 4.90 Å². The lowest BCUT2D eigenvalue weighted by Gasteiger charge is -2.18. The van der Waals surface area contributed by atoms with Gasteiger partial charge in [-0.15, -0.1) is 0 Å². The van der Waals surface area contributed by atoms with Crippen molar-refractivity contribution >= 4 is 11.9 Å². The molecule has 0 N–H and O–H groups in total. The Balaban J connectivity index is 3.30. The number of carbonyl (C=O) groups excluding carboxylic acids is 2. The van der Waals surface area contributed by atoms with Crippen LogP contribution >= 0.6 is 0 Å². The monoisotopic (exact) mass is 389 g/mol. The van der Waals surface area contributed by atoms with Crippen molar-refractivity contribution in [3.63, 3.8) is 0 Å². The zero-order chi connectivity index (χ0) is 19.8. The van der Waals surface area contributed by atoms with E-state index in [1.54, 1.807) is 0 Å². The molecule has 0 spiro atoms. The smallest absolute Gasteiger partial charge is 0.469 e. The molecule has 0 heterocycles. The summed E-state index contributed by atoms with van der Waals surface area (Å²) in [4.78, 5) is 22.2. The Labute approximate surface area is 150 Å². The van der Waals surface area contributed by atoms with Gasteiger partial charge in [0, 0.05) is 13.6 Å². The molecule has 0 saturated carbocycles. The molecule has 0 rings (SSSR count). The van der Waals surface area contributed by atoms with E-state index < -0.39 is 12.1 Å². The number of rotatable bonds is 15. The standard InChI is InChI=1S/C15H26F3NO7/c1-19(14(21)15(16,17)18)4-6-24-8-10-26-12-11-25-9-7-23-5-3-13(20)22-2/h3-12H2,1-2H3. The molecule has 1 amide bonds. The number of nitrogens with zero attached hydrogens (tertiary/aromatic N) is 1. The Morgan fingerprint density at radius 3 is 1.65 bits per heavy atom. The van der Waals surface area contributed by atoms with Crippen LogP contribution in [-0.4, -0.2) is 96.5 Å². The summed E-state index contributed by atoms with van der Waals surface area (Å²) < 4.78 is 61.5. The number of amides is 1. The van der Waals surface area contributed by atoms with E-state index in [-0.39, 0.29) is 45.4 Å². The third-order valence-corrected chi connectivity index (χ3v) is 2.95. The van der Waals surface area contributed by atoms with Crippen LogP contribution in [0.15, 0.2) is 0 Å². The number of likely N-dealkylation sites (N-methyl/N-ethyl adjacent to an activating group) is 1. The summed E-state index contributed by atoms with van der Waals surface area (Å²) in [6.45, 7) is 1.96. The van der Waals surface area contributed by atoms with Gasteiger partial charge in [0.05, 0.1) is 66.4 Å². The van der Waals surface area contributed by atoms with E-state index >= 15 is 0 Å². The molecule has 0 aliphatic heterocycles. The Morgan fingerprint density at radius 1 is 0.808 bits per heavy atom. The number of methoxy groups -OCH3 is 1. The van der Waals surface area contributed by atoms with E-state index in [1.807, 2.05) is 0 Å². The molecule has 8 nitrogen and oxygen atoms in total. The third-order valence-electron chi connectivity index (χ3n) is 2.95. The van der Waals surface area contributed by atoms with Crippen LogP contribution < -0.4 is 0 Å². The van der Waals surface area contributed by atoms with Gasteiger partial charge in [-0.1, -0.05) is 0 Å². The molecule has 0 aliphatic carbocycles. The maximum Gasteiger partial charge on any atom is 0.471 e. The van der Waals surface area contributed by atoms with Gasteiger partial charge in [0.2, 0.25) is 0 Å². The predicted molar refractivity (Wildman–Crippen MR) is 83.6 cm³/mol. The minimum absolute atomic E-state index is 0.0128. The molecule has 0 aliphatic rings. The van der Waals surface area contributed by atoms with Crippen LogP contribution in [0.3, 0.4) is 0 Å². The summed E-state index contributed by atoms with van der Waals surface area (Å²) in [6.07, 6.45) is -4.68. The van der Waals surface area contributed by atoms with Gasteiger partial charge in [-0.2, -0.15) is 13.2 Å². The van der Waals surface area contributed by atoms with Crippen molar-refractivity contribution in [2.24, 2.45) is 0 Å². The quantitative estimate of drug-likeness (QED) is 0.300. The van der Waals surface area contributed by atoms with Crippen LogP contribution in [0.2, 0.25) is 0 Å². The molecule has 0 atom stereocenters. The van der Waals surface area contributed by atoms with E-state index in [9.17, 15) is 22.8 Å². The van der Waals surface area contributed by atoms with Gasteiger partial charge in [-0.3, -0.25) is 9.59 Å². The number of ether oxygens (including phenoxy) is 5. The second kappa shape index (κ2) is 14.7. The molecule has 0 aromatic carbocycles. The Bertz CT molecular complexity index is 394. The highest BCUT2D eigenvalue weighted by molar-refractivity contribution is 5.81. The summed E-state index contributed by atoms with van der Waals surface area (Å²) in [5.74, 6) is -2.23. The number of esters is 1. The highest BCUT2D eigenvalue weighted by Crippen LogP contribution is 2.17. The fraction of sp³-hybridized carbons (Fsp3) is 0.867. The maximum atomic E-state index is 12.1. The van der Waals surface area contributed by atoms with Gasteiger partial charge in [-0.25, -0.2) is 0 Å². The van der Waals surface area contributed by atoms with Gasteiger partial charge in [0.15, 0.2) is 0 Å². The summed E-state index contributed by atoms with van der Waals surface area (Å²) in [6, 6.07) is 0. The second-order valence-electron chi connectivity index (χ2n) is 5.00. The van der Waals surface area contributed by atoms with Crippen molar-refractivity contribution in [3.8, 4) is 0 Å². The molecule has 0 aromatic rings. The lowest BCUT2D eigenvalue weighted by molar-refractivity contribution is -0.184. The maximum absolute atomic E-state index is 12.1. The van der Waals surface area contributed by atoms with Crippen molar-refractivity contribution in [2.45, 2.75) is 12.6 Å². The SMILES string of the molecule is COC(=O)CCOCCOCCOCCOCCN(C)C(=O)C(F)(F)F. The number of carbonyl (C=O) groups is 2. The molecule has 0 saturated heterocycles. The molecule has 0 unspecified atom stereocenters. The topological polar surface area (TPSA) is 83.5 Å². The first kappa shape index (κ1) is 24.6. The van der Waals surface area contributed by atoms with Gasteiger partial charge < -0.3 is 28.6 Å². The molecule has 26 heavy (non-hydrogen) atoms. The largest absolute Gasteiger partial charge is 0.471 e. The summed E-state index contributed by atoms with van der Waals surface area (Å²) in [5, 5.41) is 0. The van der Waals surface area contributed by atoms with Gasteiger partial charge >= 0.3 is 18.1 Å². The number of hydrogen-bond donors (Lipinski definition) is 0. The van der Waals surface area contributed by atoms with E-state index in [1.165, 1.54) is 7.11 Å². The Kier molecular flexibility index (Phi) is 13.9. The first-order valence-electron chi connectivity index (χ1n) is 7.99. The van der Waals surface area contributed by atoms with Crippen LogP contribution in [0.4, 0.5) is 13.2 Å². The molecular formula is C15H26F3NO7. The lowest BCUT2D eigenvalue weighted by atomic mass is 10.5. The first-order chi connectivity index (χ1) is 12.3. The van der Waals surface area contributed by atoms with Crippen molar-refractivity contribution in [3.05, 3.63) is 0 Å². The molecule has 0 aromatic heterocycles. The van der Waals surface area contributed by atoms with Crippen LogP contribution in [-0.2, 0) is 33.3 Å². The second-order valence-corrected chi connectivity index (χ2v) is 5.00. The van der Waals surface area contributed by atoms with Gasteiger partial charge in [0.25, 0.3) is 0 Å². The summed E-state index contributed by atoms with van der Waals surface area (Å²) in [5.41, 5.74) is 0. The Morgan fingerprint density at radius 2 is 1.23 bits per heavy atom. The first-order valence-corrected chi connectivity index (χ1v) is 7.99. The molecule has 0 radical (unpaired) electrons. The van der Waals surface area contributed by atoms with Crippen LogP contribution in [0.25, 0.3) is 0 Å². The minimum Gasteiger partial charge on any atom is -0.469 e. The normalized spacial score (nSPS) is 11.4. The third kappa shape index (κ3) is 13.8. The average Bonchev–Trinajstić information content (AvgIpc) is 2.59. The van der Waals surface area contributed by atoms with Gasteiger partial charge in [0.1, 0.15) is 0 Å². The fourth-order valence-electron chi connectivity index (χ4n) is 1.54. The zero-order valence-electron chi connectivity index (χ0n) is 15.0. The number of hydrogen-bond acceptors (Lipinski definition) is 7. The van der Waals surface area contributed by atoms with Crippen LogP contribution in [0.1, 0.15) is 6.42 Å². The molecular weight excluding hydrogens is 363 g/mol. The molecule has 0 bridgehead atoms. The van der Waals surface area contributed by atoms with Crippen molar-refractivity contribution < 1.29 is 46.4 Å². The van der Waals surface area contributed by atoms with E-state index in [2.05, 4.69) is 4.74 Å². The number of halogens is 3. The van der Waals surface area contributed by atoms with Crippen molar-refractivity contribution in [2.75, 3.05) is 73.6 Å². The zero-order valence-corrected chi connectivity index (χ0v) is 15.0. The molecule has 154 valence electrons. The highest BCUT2D eigenvalue weighted by atomic mass is 19.4. The van der Waals surface area contributed by atoms with E-state index in [4.69, 9.17) is 18.9 Å². The molecule has 11 heteroatoms.